The van der Waals surface area contributed by atoms with E-state index < -0.39 is 0 Å². The van der Waals surface area contributed by atoms with Gasteiger partial charge in [-0.1, -0.05) is 67.6 Å². The number of carbonyl (C=O) groups is 2. The highest BCUT2D eigenvalue weighted by Crippen LogP contribution is 2.09. The fourth-order valence-corrected chi connectivity index (χ4v) is 3.11. The van der Waals surface area contributed by atoms with E-state index in [9.17, 15) is 9.59 Å². The average molecular weight is 383 g/mol. The lowest BCUT2D eigenvalue weighted by Crippen LogP contribution is -2.40. The molecule has 1 amide bonds. The Bertz CT molecular complexity index is 719. The van der Waals surface area contributed by atoms with E-state index in [0.29, 0.717) is 19.6 Å². The summed E-state index contributed by atoms with van der Waals surface area (Å²) in [5.74, 6) is -0.581. The molecule has 0 aliphatic carbocycles. The Kier molecular flexibility index (Phi) is 9.22. The predicted molar refractivity (Wildman–Crippen MR) is 111 cm³/mol. The second-order valence-electron chi connectivity index (χ2n) is 7.02. The minimum atomic E-state index is -0.292. The molecule has 2 rings (SSSR count). The fourth-order valence-electron chi connectivity index (χ4n) is 3.11. The van der Waals surface area contributed by atoms with Gasteiger partial charge in [-0.05, 0) is 24.0 Å². The highest BCUT2D eigenvalue weighted by molar-refractivity contribution is 5.78. The highest BCUT2D eigenvalue weighted by Gasteiger charge is 2.19. The first-order valence-electron chi connectivity index (χ1n) is 9.73. The zero-order chi connectivity index (χ0) is 20.2. The van der Waals surface area contributed by atoms with Gasteiger partial charge in [0.2, 0.25) is 5.91 Å². The number of ether oxygens (including phenoxy) is 1. The van der Waals surface area contributed by atoms with E-state index in [4.69, 9.17) is 4.74 Å². The van der Waals surface area contributed by atoms with Crippen molar-refractivity contribution < 1.29 is 14.3 Å². The topological polar surface area (TPSA) is 58.6 Å². The molecule has 0 spiro atoms. The van der Waals surface area contributed by atoms with Gasteiger partial charge in [-0.2, -0.15) is 0 Å². The number of rotatable bonds is 11. The van der Waals surface area contributed by atoms with Crippen LogP contribution >= 0.6 is 0 Å². The number of methoxy groups -OCH3 is 1. The molecule has 5 nitrogen and oxygen atoms in total. The average Bonchev–Trinajstić information content (AvgIpc) is 2.72. The van der Waals surface area contributed by atoms with Crippen molar-refractivity contribution in [1.82, 2.24) is 10.2 Å². The Morgan fingerprint density at radius 1 is 1.00 bits per heavy atom. The summed E-state index contributed by atoms with van der Waals surface area (Å²) in [5.41, 5.74) is 2.38. The zero-order valence-electron chi connectivity index (χ0n) is 16.8. The molecule has 0 bridgehead atoms. The maximum absolute atomic E-state index is 12.4. The molecule has 0 aliphatic rings. The Morgan fingerprint density at radius 3 is 2.21 bits per heavy atom. The van der Waals surface area contributed by atoms with Gasteiger partial charge in [-0.25, -0.2) is 0 Å². The van der Waals surface area contributed by atoms with Gasteiger partial charge >= 0.3 is 5.97 Å². The molecule has 5 heteroatoms. The lowest BCUT2D eigenvalue weighted by Gasteiger charge is -2.24. The van der Waals surface area contributed by atoms with Gasteiger partial charge in [0.15, 0.2) is 0 Å². The van der Waals surface area contributed by atoms with Gasteiger partial charge in [0, 0.05) is 19.6 Å². The SMILES string of the molecule is COC(=O)C(C)CN(CC(=O)NCCCc1ccccc1)Cc1ccccc1. The van der Waals surface area contributed by atoms with Crippen LogP contribution in [0.2, 0.25) is 0 Å². The number of carbonyl (C=O) groups excluding carboxylic acids is 2. The largest absolute Gasteiger partial charge is 0.469 e. The van der Waals surface area contributed by atoms with Gasteiger partial charge in [0.05, 0.1) is 19.6 Å². The minimum Gasteiger partial charge on any atom is -0.469 e. The summed E-state index contributed by atoms with van der Waals surface area (Å²) in [4.78, 5) is 26.2. The third-order valence-corrected chi connectivity index (χ3v) is 4.56. The molecule has 0 aromatic heterocycles. The zero-order valence-corrected chi connectivity index (χ0v) is 16.8. The van der Waals surface area contributed by atoms with Crippen LogP contribution in [0.15, 0.2) is 60.7 Å². The van der Waals surface area contributed by atoms with E-state index in [1.54, 1.807) is 0 Å². The lowest BCUT2D eigenvalue weighted by molar-refractivity contribution is -0.145. The summed E-state index contributed by atoms with van der Waals surface area (Å²) in [5, 5.41) is 2.99. The van der Waals surface area contributed by atoms with Crippen LogP contribution < -0.4 is 5.32 Å². The van der Waals surface area contributed by atoms with Crippen molar-refractivity contribution in [2.45, 2.75) is 26.3 Å². The van der Waals surface area contributed by atoms with E-state index in [1.807, 2.05) is 60.4 Å². The molecule has 0 saturated carbocycles. The second kappa shape index (κ2) is 11.9. The fraction of sp³-hybridized carbons (Fsp3) is 0.391. The van der Waals surface area contributed by atoms with E-state index in [-0.39, 0.29) is 24.3 Å². The van der Waals surface area contributed by atoms with Gasteiger partial charge in [0.25, 0.3) is 0 Å². The summed E-state index contributed by atoms with van der Waals surface area (Å²) in [7, 11) is 1.39. The monoisotopic (exact) mass is 382 g/mol. The van der Waals surface area contributed by atoms with Crippen LogP contribution in [0.1, 0.15) is 24.5 Å². The van der Waals surface area contributed by atoms with Crippen LogP contribution in [0.25, 0.3) is 0 Å². The van der Waals surface area contributed by atoms with E-state index in [2.05, 4.69) is 17.4 Å². The normalized spacial score (nSPS) is 11.8. The number of nitrogens with zero attached hydrogens (tertiary/aromatic N) is 1. The van der Waals surface area contributed by atoms with Gasteiger partial charge < -0.3 is 10.1 Å². The van der Waals surface area contributed by atoms with Crippen molar-refractivity contribution in [3.05, 3.63) is 71.8 Å². The molecule has 2 aromatic carbocycles. The summed E-state index contributed by atoms with van der Waals surface area (Å²) in [6.07, 6.45) is 1.83. The molecule has 28 heavy (non-hydrogen) atoms. The first-order chi connectivity index (χ1) is 13.6. The van der Waals surface area contributed by atoms with Crippen LogP contribution in [-0.4, -0.2) is 43.5 Å². The molecule has 0 aliphatic heterocycles. The molecule has 1 atom stereocenters. The lowest BCUT2D eigenvalue weighted by atomic mass is 10.1. The summed E-state index contributed by atoms with van der Waals surface area (Å²) < 4.78 is 4.82. The maximum atomic E-state index is 12.4. The molecule has 0 heterocycles. The molecular weight excluding hydrogens is 352 g/mol. The van der Waals surface area contributed by atoms with E-state index in [0.717, 1.165) is 18.4 Å². The summed E-state index contributed by atoms with van der Waals surface area (Å²) >= 11 is 0. The first kappa shape index (κ1) is 21.6. The third kappa shape index (κ3) is 7.92. The van der Waals surface area contributed by atoms with Crippen LogP contribution in [0.4, 0.5) is 0 Å². The number of hydrogen-bond donors (Lipinski definition) is 1. The quantitative estimate of drug-likeness (QED) is 0.479. The van der Waals surface area contributed by atoms with E-state index >= 15 is 0 Å². The molecular formula is C23H30N2O3. The predicted octanol–water partition coefficient (Wildman–Crippen LogP) is 3.05. The number of benzene rings is 2. The van der Waals surface area contributed by atoms with Crippen molar-refractivity contribution in [3.8, 4) is 0 Å². The van der Waals surface area contributed by atoms with Crippen molar-refractivity contribution in [3.63, 3.8) is 0 Å². The summed E-state index contributed by atoms with van der Waals surface area (Å²) in [6, 6.07) is 20.2. The van der Waals surface area contributed by atoms with Crippen molar-refractivity contribution in [2.24, 2.45) is 5.92 Å². The first-order valence-corrected chi connectivity index (χ1v) is 9.73. The van der Waals surface area contributed by atoms with Crippen LogP contribution in [0, 0.1) is 5.92 Å². The molecule has 0 fully saturated rings. The van der Waals surface area contributed by atoms with Gasteiger partial charge in [-0.3, -0.25) is 14.5 Å². The molecule has 2 aromatic rings. The summed E-state index contributed by atoms with van der Waals surface area (Å²) in [6.45, 7) is 3.79. The highest BCUT2D eigenvalue weighted by atomic mass is 16.5. The Labute approximate surface area is 167 Å². The number of amides is 1. The van der Waals surface area contributed by atoms with Gasteiger partial charge in [0.1, 0.15) is 0 Å². The van der Waals surface area contributed by atoms with E-state index in [1.165, 1.54) is 12.7 Å². The van der Waals surface area contributed by atoms with Crippen LogP contribution in [-0.2, 0) is 27.3 Å². The number of hydrogen-bond acceptors (Lipinski definition) is 4. The van der Waals surface area contributed by atoms with Gasteiger partial charge in [-0.15, -0.1) is 0 Å². The second-order valence-corrected chi connectivity index (χ2v) is 7.02. The van der Waals surface area contributed by atoms with Crippen molar-refractivity contribution >= 4 is 11.9 Å². The molecule has 150 valence electrons. The molecule has 1 unspecified atom stereocenters. The molecule has 0 radical (unpaired) electrons. The van der Waals surface area contributed by atoms with Crippen LogP contribution in [0.5, 0.6) is 0 Å². The van der Waals surface area contributed by atoms with Crippen molar-refractivity contribution in [1.29, 1.82) is 0 Å². The standard InChI is InChI=1S/C23H30N2O3/c1-19(23(27)28-2)16-25(17-21-12-7-4-8-13-21)18-22(26)24-15-9-14-20-10-5-3-6-11-20/h3-8,10-13,19H,9,14-18H2,1-2H3,(H,24,26). The van der Waals surface area contributed by atoms with Crippen LogP contribution in [0.3, 0.4) is 0 Å². The Balaban J connectivity index is 1.83. The smallest absolute Gasteiger partial charge is 0.309 e. The minimum absolute atomic E-state index is 0.0268. The Morgan fingerprint density at radius 2 is 1.61 bits per heavy atom. The number of esters is 1. The number of aryl methyl sites for hydroxylation is 1. The Hall–Kier alpha value is -2.66. The maximum Gasteiger partial charge on any atom is 0.309 e. The van der Waals surface area contributed by atoms with Crippen molar-refractivity contribution in [2.75, 3.05) is 26.7 Å². The number of nitrogens with one attached hydrogen (secondary N) is 1. The molecule has 1 N–H and O–H groups in total. The molecule has 0 saturated heterocycles. The third-order valence-electron chi connectivity index (χ3n) is 4.56.